The van der Waals surface area contributed by atoms with E-state index < -0.39 is 24.5 Å². The molecule has 1 aliphatic carbocycles. The predicted octanol–water partition coefficient (Wildman–Crippen LogP) is 2.81. The number of halogens is 4. The number of rotatable bonds is 8. The SMILES string of the molecule is O=C(NC1CC1)c1ccccc1-n1cnc(Cn2nc(-c3ccc(Cl)cc3)n(C[C@H](O)C(F)(F)F)c2=O)n1. The number of aliphatic hydroxyl groups is 1. The highest BCUT2D eigenvalue weighted by Crippen LogP contribution is 2.24. The van der Waals surface area contributed by atoms with Gasteiger partial charge in [-0.3, -0.25) is 9.36 Å². The predicted molar refractivity (Wildman–Crippen MR) is 130 cm³/mol. The van der Waals surface area contributed by atoms with Gasteiger partial charge < -0.3 is 10.4 Å². The molecule has 38 heavy (non-hydrogen) atoms. The normalized spacial score (nSPS) is 14.4. The van der Waals surface area contributed by atoms with Crippen molar-refractivity contribution >= 4 is 17.5 Å². The Morgan fingerprint density at radius 2 is 1.84 bits per heavy atom. The van der Waals surface area contributed by atoms with Crippen molar-refractivity contribution in [3.05, 3.63) is 81.8 Å². The molecule has 0 bridgehead atoms. The first-order valence-corrected chi connectivity index (χ1v) is 12.0. The van der Waals surface area contributed by atoms with Gasteiger partial charge in [-0.25, -0.2) is 19.1 Å². The number of nitrogens with one attached hydrogen (secondary N) is 1. The molecule has 4 aromatic rings. The van der Waals surface area contributed by atoms with Crippen LogP contribution in [0.4, 0.5) is 13.2 Å². The van der Waals surface area contributed by atoms with E-state index in [-0.39, 0.29) is 30.1 Å². The zero-order valence-corrected chi connectivity index (χ0v) is 20.4. The van der Waals surface area contributed by atoms with Crippen molar-refractivity contribution in [1.29, 1.82) is 0 Å². The Kier molecular flexibility index (Phi) is 6.80. The Morgan fingerprint density at radius 3 is 2.53 bits per heavy atom. The molecule has 2 aromatic heterocycles. The van der Waals surface area contributed by atoms with Crippen molar-refractivity contribution < 1.29 is 23.1 Å². The average molecular weight is 548 g/mol. The van der Waals surface area contributed by atoms with E-state index in [9.17, 15) is 27.9 Å². The fourth-order valence-electron chi connectivity index (χ4n) is 3.77. The summed E-state index contributed by atoms with van der Waals surface area (Å²) in [6.45, 7) is -1.32. The first-order valence-electron chi connectivity index (χ1n) is 11.6. The summed E-state index contributed by atoms with van der Waals surface area (Å²) in [7, 11) is 0. The monoisotopic (exact) mass is 547 g/mol. The standard InChI is InChI=1S/C24H21ClF3N7O3/c25-15-7-5-14(6-8-15)21-32-34(23(38)33(21)11-19(36)24(26,27)28)12-20-29-13-35(31-20)18-4-2-1-3-17(18)22(37)30-16-9-10-16/h1-8,13,16,19,36H,9-12H2,(H,30,37)/t19-/m0/s1. The van der Waals surface area contributed by atoms with Crippen molar-refractivity contribution in [2.75, 3.05) is 0 Å². The van der Waals surface area contributed by atoms with Gasteiger partial charge in [-0.2, -0.15) is 13.2 Å². The van der Waals surface area contributed by atoms with Crippen LogP contribution in [0.15, 0.2) is 59.7 Å². The third-order valence-corrected chi connectivity index (χ3v) is 6.15. The van der Waals surface area contributed by atoms with Crippen LogP contribution in [0.3, 0.4) is 0 Å². The van der Waals surface area contributed by atoms with E-state index in [1.54, 1.807) is 24.3 Å². The van der Waals surface area contributed by atoms with Crippen molar-refractivity contribution in [2.45, 2.75) is 44.3 Å². The number of alkyl halides is 3. The summed E-state index contributed by atoms with van der Waals surface area (Å²) in [6.07, 6.45) is -4.48. The van der Waals surface area contributed by atoms with E-state index in [1.807, 2.05) is 0 Å². The molecule has 5 rings (SSSR count). The number of benzene rings is 2. The lowest BCUT2D eigenvalue weighted by atomic mass is 10.1. The van der Waals surface area contributed by atoms with Crippen LogP contribution in [0, 0.1) is 0 Å². The zero-order valence-electron chi connectivity index (χ0n) is 19.6. The topological polar surface area (TPSA) is 120 Å². The van der Waals surface area contributed by atoms with E-state index >= 15 is 0 Å². The van der Waals surface area contributed by atoms with Crippen LogP contribution in [-0.2, 0) is 13.1 Å². The summed E-state index contributed by atoms with van der Waals surface area (Å²) < 4.78 is 42.3. The fourth-order valence-corrected chi connectivity index (χ4v) is 3.90. The molecule has 198 valence electrons. The van der Waals surface area contributed by atoms with Gasteiger partial charge in [0, 0.05) is 16.6 Å². The summed E-state index contributed by atoms with van der Waals surface area (Å²) in [5.74, 6) is -0.199. The van der Waals surface area contributed by atoms with Crippen LogP contribution in [0.25, 0.3) is 17.1 Å². The molecule has 10 nitrogen and oxygen atoms in total. The number of carbonyl (C=O) groups is 1. The maximum atomic E-state index is 13.1. The third-order valence-electron chi connectivity index (χ3n) is 5.90. The van der Waals surface area contributed by atoms with Gasteiger partial charge in [0.15, 0.2) is 17.8 Å². The minimum atomic E-state index is -4.93. The van der Waals surface area contributed by atoms with Crippen molar-refractivity contribution in [3.63, 3.8) is 0 Å². The van der Waals surface area contributed by atoms with E-state index in [4.69, 9.17) is 11.6 Å². The third kappa shape index (κ3) is 5.48. The number of nitrogens with zero attached hydrogens (tertiary/aromatic N) is 6. The molecule has 14 heteroatoms. The molecule has 0 saturated heterocycles. The molecule has 1 saturated carbocycles. The van der Waals surface area contributed by atoms with Crippen molar-refractivity contribution in [2.24, 2.45) is 0 Å². The molecular weight excluding hydrogens is 527 g/mol. The average Bonchev–Trinajstić information content (AvgIpc) is 3.49. The smallest absolute Gasteiger partial charge is 0.382 e. The van der Waals surface area contributed by atoms with E-state index in [0.717, 1.165) is 22.1 Å². The first-order chi connectivity index (χ1) is 18.1. The molecule has 1 atom stereocenters. The summed E-state index contributed by atoms with van der Waals surface area (Å²) in [5, 5.41) is 21.5. The highest BCUT2D eigenvalue weighted by Gasteiger charge is 2.39. The summed E-state index contributed by atoms with van der Waals surface area (Å²) in [5.41, 5.74) is 0.299. The number of aromatic nitrogens is 6. The molecule has 0 unspecified atom stereocenters. The first kappa shape index (κ1) is 25.7. The molecule has 1 aliphatic rings. The number of carbonyl (C=O) groups excluding carboxylic acids is 1. The van der Waals surface area contributed by atoms with Gasteiger partial charge in [0.2, 0.25) is 0 Å². The van der Waals surface area contributed by atoms with Gasteiger partial charge >= 0.3 is 11.9 Å². The minimum Gasteiger partial charge on any atom is -0.382 e. The maximum Gasteiger partial charge on any atom is 0.416 e. The number of para-hydroxylation sites is 1. The second kappa shape index (κ2) is 10.1. The van der Waals surface area contributed by atoms with Crippen LogP contribution < -0.4 is 11.0 Å². The molecule has 2 N–H and O–H groups in total. The van der Waals surface area contributed by atoms with Crippen LogP contribution in [0.5, 0.6) is 0 Å². The highest BCUT2D eigenvalue weighted by atomic mass is 35.5. The number of hydrogen-bond acceptors (Lipinski definition) is 6. The lowest BCUT2D eigenvalue weighted by Gasteiger charge is -2.15. The van der Waals surface area contributed by atoms with Gasteiger partial charge in [0.1, 0.15) is 12.9 Å². The van der Waals surface area contributed by atoms with Gasteiger partial charge in [0.05, 0.1) is 17.8 Å². The highest BCUT2D eigenvalue weighted by molar-refractivity contribution is 6.30. The maximum absolute atomic E-state index is 13.1. The van der Waals surface area contributed by atoms with E-state index in [2.05, 4.69) is 20.5 Å². The molecular formula is C24H21ClF3N7O3. The van der Waals surface area contributed by atoms with Crippen LogP contribution in [0.1, 0.15) is 29.0 Å². The molecule has 0 spiro atoms. The molecule has 1 amide bonds. The number of aliphatic hydroxyl groups excluding tert-OH is 1. The fraction of sp³-hybridized carbons (Fsp3) is 0.292. The van der Waals surface area contributed by atoms with Crippen molar-refractivity contribution in [3.8, 4) is 17.1 Å². The van der Waals surface area contributed by atoms with Crippen molar-refractivity contribution in [1.82, 2.24) is 34.4 Å². The molecule has 0 radical (unpaired) electrons. The molecule has 2 heterocycles. The van der Waals surface area contributed by atoms with Crippen LogP contribution in [0.2, 0.25) is 5.02 Å². The second-order valence-corrected chi connectivity index (χ2v) is 9.25. The Labute approximate surface area is 218 Å². The lowest BCUT2D eigenvalue weighted by Crippen LogP contribution is -2.37. The van der Waals surface area contributed by atoms with Gasteiger partial charge in [-0.15, -0.1) is 10.2 Å². The number of amides is 1. The zero-order chi connectivity index (χ0) is 27.0. The Morgan fingerprint density at radius 1 is 1.13 bits per heavy atom. The molecule has 0 aliphatic heterocycles. The lowest BCUT2D eigenvalue weighted by molar-refractivity contribution is -0.207. The van der Waals surface area contributed by atoms with Gasteiger partial charge in [-0.1, -0.05) is 23.7 Å². The molecule has 1 fully saturated rings. The minimum absolute atomic E-state index is 0.0866. The summed E-state index contributed by atoms with van der Waals surface area (Å²) in [4.78, 5) is 29.9. The Hall–Kier alpha value is -3.97. The largest absolute Gasteiger partial charge is 0.416 e. The Bertz CT molecular complexity index is 1520. The van der Waals surface area contributed by atoms with Crippen LogP contribution >= 0.6 is 11.6 Å². The van der Waals surface area contributed by atoms with Crippen LogP contribution in [-0.4, -0.2) is 58.4 Å². The van der Waals surface area contributed by atoms with E-state index in [0.29, 0.717) is 21.8 Å². The number of hydrogen-bond donors (Lipinski definition) is 2. The Balaban J connectivity index is 1.46. The van der Waals surface area contributed by atoms with Gasteiger partial charge in [0.25, 0.3) is 5.91 Å². The quantitative estimate of drug-likeness (QED) is 0.350. The van der Waals surface area contributed by atoms with Gasteiger partial charge in [-0.05, 0) is 49.2 Å². The van der Waals surface area contributed by atoms with E-state index in [1.165, 1.54) is 35.3 Å². The second-order valence-electron chi connectivity index (χ2n) is 8.81. The summed E-state index contributed by atoms with van der Waals surface area (Å²) in [6, 6.07) is 13.0. The summed E-state index contributed by atoms with van der Waals surface area (Å²) >= 11 is 5.91. The molecule has 2 aromatic carbocycles.